The molecule has 202 valence electrons. The molecular weight excluding hydrogens is 469 g/mol. The molecule has 0 radical (unpaired) electrons. The lowest BCUT2D eigenvalue weighted by Gasteiger charge is -2.27. The Morgan fingerprint density at radius 2 is 1.49 bits per heavy atom. The second-order valence-electron chi connectivity index (χ2n) is 9.17. The van der Waals surface area contributed by atoms with Crippen molar-refractivity contribution in [1.29, 1.82) is 0 Å². The van der Waals surface area contributed by atoms with Crippen molar-refractivity contribution in [2.24, 2.45) is 0 Å². The highest BCUT2D eigenvalue weighted by atomic mass is 31.2. The molecule has 0 aliphatic rings. The van der Waals surface area contributed by atoms with Crippen LogP contribution in [0.4, 0.5) is 0 Å². The highest BCUT2D eigenvalue weighted by Crippen LogP contribution is 2.38. The van der Waals surface area contributed by atoms with Gasteiger partial charge in [-0.2, -0.15) is 0 Å². The lowest BCUT2D eigenvalue weighted by molar-refractivity contribution is -0.870. The Bertz CT molecular complexity index is 711. The average Bonchev–Trinajstić information content (AvgIpc) is 2.78. The molecule has 1 N–H and O–H groups in total. The summed E-state index contributed by atoms with van der Waals surface area (Å²) in [5.74, 6) is -0.432. The number of unbranched alkanes of at least 4 members (excludes halogenated alkanes) is 2. The second-order valence-corrected chi connectivity index (χ2v) is 10.6. The number of hydrogen-bond donors (Lipinski definition) is 1. The maximum Gasteiger partial charge on any atom is 0.305 e. The van der Waals surface area contributed by atoms with Gasteiger partial charge in [-0.15, -0.1) is 0 Å². The lowest BCUT2D eigenvalue weighted by atomic mass is 10.2. The fourth-order valence-corrected chi connectivity index (χ4v) is 3.31. The minimum atomic E-state index is -4.50. The molecule has 0 heterocycles. The minimum Gasteiger partial charge on any atom is -0.756 e. The summed E-state index contributed by atoms with van der Waals surface area (Å²) in [6.07, 6.45) is 22.5. The van der Waals surface area contributed by atoms with E-state index < -0.39 is 26.5 Å². The van der Waals surface area contributed by atoms with Crippen LogP contribution in [0, 0.1) is 0 Å². The van der Waals surface area contributed by atoms with E-state index >= 15 is 0 Å². The molecule has 0 rings (SSSR count). The average molecular weight is 516 g/mol. The number of ether oxygens (including phenoxy) is 1. The topological polar surface area (TPSA) is 105 Å². The number of esters is 1. The smallest absolute Gasteiger partial charge is 0.305 e. The molecule has 9 heteroatoms. The fraction of sp³-hybridized carbons (Fsp3) is 0.654. The van der Waals surface area contributed by atoms with E-state index in [1.165, 1.54) is 0 Å². The molecule has 0 aliphatic heterocycles. The van der Waals surface area contributed by atoms with E-state index in [9.17, 15) is 19.4 Å². The van der Waals surface area contributed by atoms with Crippen LogP contribution in [0.2, 0.25) is 0 Å². The van der Waals surface area contributed by atoms with Crippen LogP contribution in [-0.4, -0.2) is 69.2 Å². The monoisotopic (exact) mass is 515 g/mol. The zero-order valence-corrected chi connectivity index (χ0v) is 22.9. The molecule has 0 spiro atoms. The van der Waals surface area contributed by atoms with Crippen molar-refractivity contribution in [3.8, 4) is 0 Å². The van der Waals surface area contributed by atoms with Gasteiger partial charge in [-0.05, 0) is 44.9 Å². The summed E-state index contributed by atoms with van der Waals surface area (Å²) in [5.41, 5.74) is 0. The summed E-state index contributed by atoms with van der Waals surface area (Å²) >= 11 is 0. The van der Waals surface area contributed by atoms with Crippen LogP contribution >= 0.6 is 7.82 Å². The molecule has 0 fully saturated rings. The Kier molecular flexibility index (Phi) is 19.7. The van der Waals surface area contributed by atoms with Crippen molar-refractivity contribution >= 4 is 13.8 Å². The first-order chi connectivity index (χ1) is 16.6. The molecule has 0 aromatic heterocycles. The van der Waals surface area contributed by atoms with Gasteiger partial charge in [0.05, 0.1) is 27.7 Å². The molecular formula is C26H46NO7P. The zero-order valence-electron chi connectivity index (χ0n) is 22.0. The Hall–Kier alpha value is -1.54. The van der Waals surface area contributed by atoms with E-state index in [1.54, 1.807) is 0 Å². The van der Waals surface area contributed by atoms with Crippen LogP contribution in [0.15, 0.2) is 48.6 Å². The van der Waals surface area contributed by atoms with Gasteiger partial charge in [0.25, 0.3) is 7.82 Å². The summed E-state index contributed by atoms with van der Waals surface area (Å²) in [6.45, 7) is 1.75. The van der Waals surface area contributed by atoms with Crippen LogP contribution < -0.4 is 4.89 Å². The molecule has 2 atom stereocenters. The number of aliphatic hydroxyl groups is 1. The van der Waals surface area contributed by atoms with Crippen molar-refractivity contribution in [3.63, 3.8) is 0 Å². The summed E-state index contributed by atoms with van der Waals surface area (Å²) in [4.78, 5) is 23.4. The van der Waals surface area contributed by atoms with Crippen molar-refractivity contribution in [1.82, 2.24) is 0 Å². The Morgan fingerprint density at radius 1 is 0.914 bits per heavy atom. The van der Waals surface area contributed by atoms with Gasteiger partial charge in [0.1, 0.15) is 25.9 Å². The van der Waals surface area contributed by atoms with Gasteiger partial charge >= 0.3 is 5.97 Å². The van der Waals surface area contributed by atoms with Gasteiger partial charge in [0, 0.05) is 6.42 Å². The first-order valence-electron chi connectivity index (χ1n) is 12.4. The molecule has 0 aliphatic carbocycles. The molecule has 0 amide bonds. The second kappa shape index (κ2) is 20.6. The highest BCUT2D eigenvalue weighted by molar-refractivity contribution is 7.45. The van der Waals surface area contributed by atoms with E-state index in [2.05, 4.69) is 60.1 Å². The Balaban J connectivity index is 3.75. The van der Waals surface area contributed by atoms with Crippen molar-refractivity contribution in [2.75, 3.05) is 47.5 Å². The van der Waals surface area contributed by atoms with E-state index in [0.29, 0.717) is 17.4 Å². The van der Waals surface area contributed by atoms with Gasteiger partial charge in [0.2, 0.25) is 0 Å². The van der Waals surface area contributed by atoms with Crippen LogP contribution in [0.3, 0.4) is 0 Å². The first kappa shape index (κ1) is 33.5. The number of aliphatic hydroxyl groups excluding tert-OH is 1. The number of hydrogen-bond acceptors (Lipinski definition) is 7. The van der Waals surface area contributed by atoms with E-state index in [1.807, 2.05) is 21.1 Å². The molecule has 35 heavy (non-hydrogen) atoms. The predicted octanol–water partition coefficient (Wildman–Crippen LogP) is 4.46. The number of phosphoric ester groups is 1. The third kappa shape index (κ3) is 25.4. The fourth-order valence-electron chi connectivity index (χ4n) is 2.58. The van der Waals surface area contributed by atoms with Gasteiger partial charge in [-0.3, -0.25) is 9.36 Å². The SMILES string of the molecule is CC/C=C\C/C=C\C/C=C\C/C=C\CCCCC(=O)OC[C@@H](O)COP(=O)([O-])OCC[N+](C)(C)C. The van der Waals surface area contributed by atoms with Crippen molar-refractivity contribution in [3.05, 3.63) is 48.6 Å². The molecule has 0 saturated heterocycles. The highest BCUT2D eigenvalue weighted by Gasteiger charge is 2.16. The molecule has 0 aromatic carbocycles. The van der Waals surface area contributed by atoms with Crippen molar-refractivity contribution in [2.45, 2.75) is 64.4 Å². The number of nitrogens with zero attached hydrogens (tertiary/aromatic N) is 1. The number of carbonyl (C=O) groups is 1. The maximum atomic E-state index is 11.8. The molecule has 0 aromatic rings. The summed E-state index contributed by atoms with van der Waals surface area (Å²) < 4.78 is 26.6. The van der Waals surface area contributed by atoms with Gasteiger partial charge in [0.15, 0.2) is 0 Å². The van der Waals surface area contributed by atoms with Crippen molar-refractivity contribution < 1.29 is 37.6 Å². The molecule has 0 bridgehead atoms. The number of carbonyl (C=O) groups excluding carboxylic acids is 1. The quantitative estimate of drug-likeness (QED) is 0.0791. The summed E-state index contributed by atoms with van der Waals surface area (Å²) in [6, 6.07) is 0. The Morgan fingerprint density at radius 3 is 2.06 bits per heavy atom. The van der Waals surface area contributed by atoms with E-state index in [-0.39, 0.29) is 19.6 Å². The normalized spacial score (nSPS) is 15.5. The first-order valence-corrected chi connectivity index (χ1v) is 13.9. The maximum absolute atomic E-state index is 11.8. The standard InChI is InChI=1S/C26H46NO7P/c1-5-6-7-8-9-10-11-12-13-14-15-16-17-18-19-20-26(29)32-23-25(28)24-34-35(30,31)33-22-21-27(2,3)4/h6-7,9-10,12-13,15-16,25,28H,5,8,11,14,17-24H2,1-4H3/b7-6-,10-9-,13-12-,16-15-/t25-/m1/s1. The zero-order chi connectivity index (χ0) is 26.4. The minimum absolute atomic E-state index is 0.0176. The van der Waals surface area contributed by atoms with Crippen LogP contribution in [-0.2, 0) is 23.1 Å². The molecule has 8 nitrogen and oxygen atoms in total. The molecule has 0 saturated carbocycles. The number of likely N-dealkylation sites (N-methyl/N-ethyl adjacent to an activating group) is 1. The number of phosphoric acid groups is 1. The van der Waals surface area contributed by atoms with Crippen LogP contribution in [0.5, 0.6) is 0 Å². The van der Waals surface area contributed by atoms with Crippen LogP contribution in [0.1, 0.15) is 58.3 Å². The summed E-state index contributed by atoms with van der Waals surface area (Å²) in [5, 5.41) is 9.78. The predicted molar refractivity (Wildman–Crippen MR) is 139 cm³/mol. The number of rotatable bonds is 21. The lowest BCUT2D eigenvalue weighted by Crippen LogP contribution is -2.37. The van der Waals surface area contributed by atoms with Gasteiger partial charge in [-0.1, -0.05) is 55.5 Å². The third-order valence-corrected chi connectivity index (χ3v) is 5.56. The van der Waals surface area contributed by atoms with E-state index in [4.69, 9.17) is 9.26 Å². The molecule has 1 unspecified atom stereocenters. The van der Waals surface area contributed by atoms with Gasteiger partial charge in [-0.25, -0.2) is 0 Å². The number of allylic oxidation sites excluding steroid dienone is 8. The Labute approximate surface area is 212 Å². The largest absolute Gasteiger partial charge is 0.756 e. The summed E-state index contributed by atoms with van der Waals surface area (Å²) in [7, 11) is 1.21. The van der Waals surface area contributed by atoms with Crippen LogP contribution in [0.25, 0.3) is 0 Å². The van der Waals surface area contributed by atoms with Gasteiger partial charge < -0.3 is 28.3 Å². The van der Waals surface area contributed by atoms with E-state index in [0.717, 1.165) is 38.5 Å². The number of quaternary nitrogens is 1. The third-order valence-electron chi connectivity index (χ3n) is 4.59.